The standard InChI is InChI=1S/C16H16Cl2/c1-2-12-4-3-5-13(10-12)6-7-14-8-9-15(17)11-16(14)18/h3-5,8-11H,2,6-7H2,1H3. The number of benzene rings is 2. The SMILES string of the molecule is CCc1cccc(CCc2ccc(Cl)cc2Cl)c1. The minimum atomic E-state index is 0.691. The first kappa shape index (κ1) is 13.5. The van der Waals surface area contributed by atoms with Gasteiger partial charge in [-0.2, -0.15) is 0 Å². The summed E-state index contributed by atoms with van der Waals surface area (Å²) in [5.41, 5.74) is 3.90. The van der Waals surface area contributed by atoms with Gasteiger partial charge in [-0.3, -0.25) is 0 Å². The fourth-order valence-electron chi connectivity index (χ4n) is 2.01. The number of rotatable bonds is 4. The van der Waals surface area contributed by atoms with Crippen molar-refractivity contribution in [3.63, 3.8) is 0 Å². The third-order valence-electron chi connectivity index (χ3n) is 3.10. The van der Waals surface area contributed by atoms with Gasteiger partial charge in [0.1, 0.15) is 0 Å². The first-order valence-corrected chi connectivity index (χ1v) is 6.96. The number of hydrogen-bond acceptors (Lipinski definition) is 0. The summed E-state index contributed by atoms with van der Waals surface area (Å²) >= 11 is 12.1. The zero-order chi connectivity index (χ0) is 13.0. The van der Waals surface area contributed by atoms with Crippen LogP contribution in [0, 0.1) is 0 Å². The lowest BCUT2D eigenvalue weighted by Crippen LogP contribution is -1.93. The Morgan fingerprint density at radius 3 is 2.39 bits per heavy atom. The molecule has 0 unspecified atom stereocenters. The second kappa shape index (κ2) is 6.26. The monoisotopic (exact) mass is 278 g/mol. The molecule has 0 heterocycles. The molecule has 0 aliphatic heterocycles. The van der Waals surface area contributed by atoms with E-state index in [9.17, 15) is 0 Å². The molecule has 0 aliphatic rings. The lowest BCUT2D eigenvalue weighted by molar-refractivity contribution is 0.954. The molecule has 0 radical (unpaired) electrons. The summed E-state index contributed by atoms with van der Waals surface area (Å²) in [6, 6.07) is 14.4. The van der Waals surface area contributed by atoms with Crippen LogP contribution < -0.4 is 0 Å². The smallest absolute Gasteiger partial charge is 0.0452 e. The molecule has 0 spiro atoms. The maximum absolute atomic E-state index is 6.17. The van der Waals surface area contributed by atoms with Gasteiger partial charge in [-0.25, -0.2) is 0 Å². The summed E-state index contributed by atoms with van der Waals surface area (Å²) in [7, 11) is 0. The lowest BCUT2D eigenvalue weighted by atomic mass is 10.0. The van der Waals surface area contributed by atoms with Gasteiger partial charge in [0.2, 0.25) is 0 Å². The minimum absolute atomic E-state index is 0.691. The Hall–Kier alpha value is -0.980. The fourth-order valence-corrected chi connectivity index (χ4v) is 2.51. The van der Waals surface area contributed by atoms with Gasteiger partial charge in [0.25, 0.3) is 0 Å². The fraction of sp³-hybridized carbons (Fsp3) is 0.250. The molecule has 2 aromatic carbocycles. The second-order valence-corrected chi connectivity index (χ2v) is 5.25. The highest BCUT2D eigenvalue weighted by Crippen LogP contribution is 2.22. The van der Waals surface area contributed by atoms with Crippen molar-refractivity contribution in [1.29, 1.82) is 0 Å². The van der Waals surface area contributed by atoms with Crippen LogP contribution in [0.1, 0.15) is 23.6 Å². The van der Waals surface area contributed by atoms with E-state index in [0.29, 0.717) is 5.02 Å². The van der Waals surface area contributed by atoms with Crippen LogP contribution in [-0.2, 0) is 19.3 Å². The summed E-state index contributed by atoms with van der Waals surface area (Å²) in [6.45, 7) is 2.18. The molecule has 0 aliphatic carbocycles. The van der Waals surface area contributed by atoms with Crippen LogP contribution in [0.2, 0.25) is 10.0 Å². The average molecular weight is 279 g/mol. The number of aryl methyl sites for hydroxylation is 3. The van der Waals surface area contributed by atoms with Crippen LogP contribution in [0.3, 0.4) is 0 Å². The maximum atomic E-state index is 6.17. The molecular weight excluding hydrogens is 263 g/mol. The van der Waals surface area contributed by atoms with Crippen molar-refractivity contribution in [2.24, 2.45) is 0 Å². The normalized spacial score (nSPS) is 10.6. The molecule has 0 aromatic heterocycles. The lowest BCUT2D eigenvalue weighted by Gasteiger charge is -2.06. The van der Waals surface area contributed by atoms with Crippen LogP contribution >= 0.6 is 23.2 Å². The number of hydrogen-bond donors (Lipinski definition) is 0. The predicted molar refractivity (Wildman–Crippen MR) is 79.7 cm³/mol. The summed E-state index contributed by atoms with van der Waals surface area (Å²) < 4.78 is 0. The molecule has 0 amide bonds. The van der Waals surface area contributed by atoms with Crippen molar-refractivity contribution >= 4 is 23.2 Å². The van der Waals surface area contributed by atoms with E-state index in [1.807, 2.05) is 12.1 Å². The van der Waals surface area contributed by atoms with E-state index in [1.165, 1.54) is 11.1 Å². The van der Waals surface area contributed by atoms with Crippen molar-refractivity contribution in [3.05, 3.63) is 69.2 Å². The zero-order valence-corrected chi connectivity index (χ0v) is 11.9. The van der Waals surface area contributed by atoms with Crippen LogP contribution in [0.15, 0.2) is 42.5 Å². The first-order chi connectivity index (χ1) is 8.69. The van der Waals surface area contributed by atoms with E-state index in [1.54, 1.807) is 6.07 Å². The zero-order valence-electron chi connectivity index (χ0n) is 10.4. The van der Waals surface area contributed by atoms with E-state index in [-0.39, 0.29) is 0 Å². The van der Waals surface area contributed by atoms with Gasteiger partial charge in [0.15, 0.2) is 0 Å². The molecule has 94 valence electrons. The van der Waals surface area contributed by atoms with Crippen LogP contribution in [0.5, 0.6) is 0 Å². The Balaban J connectivity index is 2.06. The summed E-state index contributed by atoms with van der Waals surface area (Å²) in [5, 5.41) is 1.45. The highest BCUT2D eigenvalue weighted by molar-refractivity contribution is 6.35. The Kier molecular flexibility index (Phi) is 4.68. The average Bonchev–Trinajstić information content (AvgIpc) is 2.38. The van der Waals surface area contributed by atoms with E-state index in [2.05, 4.69) is 31.2 Å². The van der Waals surface area contributed by atoms with Crippen LogP contribution in [-0.4, -0.2) is 0 Å². The molecule has 0 fully saturated rings. The largest absolute Gasteiger partial charge is 0.0843 e. The van der Waals surface area contributed by atoms with Gasteiger partial charge < -0.3 is 0 Å². The third kappa shape index (κ3) is 3.51. The minimum Gasteiger partial charge on any atom is -0.0843 e. The topological polar surface area (TPSA) is 0 Å². The molecule has 0 saturated carbocycles. The Morgan fingerprint density at radius 2 is 1.67 bits per heavy atom. The maximum Gasteiger partial charge on any atom is 0.0452 e. The highest BCUT2D eigenvalue weighted by Gasteiger charge is 2.02. The Morgan fingerprint density at radius 1 is 0.889 bits per heavy atom. The molecule has 0 nitrogen and oxygen atoms in total. The van der Waals surface area contributed by atoms with Crippen LogP contribution in [0.25, 0.3) is 0 Å². The van der Waals surface area contributed by atoms with Gasteiger partial charge >= 0.3 is 0 Å². The van der Waals surface area contributed by atoms with Crippen molar-refractivity contribution < 1.29 is 0 Å². The first-order valence-electron chi connectivity index (χ1n) is 6.21. The van der Waals surface area contributed by atoms with Crippen molar-refractivity contribution in [2.45, 2.75) is 26.2 Å². The molecule has 0 N–H and O–H groups in total. The second-order valence-electron chi connectivity index (χ2n) is 4.41. The van der Waals surface area contributed by atoms with Gasteiger partial charge in [0.05, 0.1) is 0 Å². The molecule has 2 heteroatoms. The summed E-state index contributed by atoms with van der Waals surface area (Å²) in [6.07, 6.45) is 3.04. The van der Waals surface area contributed by atoms with E-state index in [0.717, 1.165) is 29.8 Å². The van der Waals surface area contributed by atoms with E-state index in [4.69, 9.17) is 23.2 Å². The Bertz CT molecular complexity index is 532. The number of halogens is 2. The molecule has 0 saturated heterocycles. The molecule has 2 aromatic rings. The van der Waals surface area contributed by atoms with Crippen LogP contribution in [0.4, 0.5) is 0 Å². The predicted octanol–water partition coefficient (Wildman–Crippen LogP) is 5.34. The van der Waals surface area contributed by atoms with Crippen molar-refractivity contribution in [2.75, 3.05) is 0 Å². The van der Waals surface area contributed by atoms with Gasteiger partial charge in [-0.05, 0) is 48.1 Å². The highest BCUT2D eigenvalue weighted by atomic mass is 35.5. The molecule has 2 rings (SSSR count). The molecule has 18 heavy (non-hydrogen) atoms. The Labute approximate surface area is 119 Å². The third-order valence-corrected chi connectivity index (χ3v) is 3.68. The molecular formula is C16H16Cl2. The van der Waals surface area contributed by atoms with Crippen molar-refractivity contribution in [1.82, 2.24) is 0 Å². The van der Waals surface area contributed by atoms with Gasteiger partial charge in [-0.15, -0.1) is 0 Å². The van der Waals surface area contributed by atoms with E-state index >= 15 is 0 Å². The van der Waals surface area contributed by atoms with Gasteiger partial charge in [-0.1, -0.05) is 60.5 Å². The molecule has 0 bridgehead atoms. The quantitative estimate of drug-likeness (QED) is 0.708. The van der Waals surface area contributed by atoms with Gasteiger partial charge in [0, 0.05) is 10.0 Å². The van der Waals surface area contributed by atoms with E-state index < -0.39 is 0 Å². The van der Waals surface area contributed by atoms with Crippen molar-refractivity contribution in [3.8, 4) is 0 Å². The summed E-state index contributed by atoms with van der Waals surface area (Å²) in [5.74, 6) is 0. The molecule has 0 atom stereocenters. The summed E-state index contributed by atoms with van der Waals surface area (Å²) in [4.78, 5) is 0.